The van der Waals surface area contributed by atoms with Crippen molar-refractivity contribution in [1.82, 2.24) is 4.98 Å². The highest BCUT2D eigenvalue weighted by Crippen LogP contribution is 2.31. The average molecular weight is 310 g/mol. The fourth-order valence-electron chi connectivity index (χ4n) is 1.22. The molecule has 1 aromatic carbocycles. The maximum Gasteiger partial charge on any atom is 0.237 e. The van der Waals surface area contributed by atoms with Crippen LogP contribution in [0.5, 0.6) is 11.6 Å². The van der Waals surface area contributed by atoms with E-state index in [1.54, 1.807) is 36.5 Å². The molecule has 0 unspecified atom stereocenters. The summed E-state index contributed by atoms with van der Waals surface area (Å²) in [6, 6.07) is 10.5. The molecule has 0 atom stereocenters. The van der Waals surface area contributed by atoms with Crippen molar-refractivity contribution in [3.05, 3.63) is 51.6 Å². The fourth-order valence-corrected chi connectivity index (χ4v) is 1.98. The highest BCUT2D eigenvalue weighted by Gasteiger charge is 2.08. The number of hydrogen-bond donors (Lipinski definition) is 0. The largest absolute Gasteiger partial charge is 0.436 e. The van der Waals surface area contributed by atoms with Gasteiger partial charge in [0, 0.05) is 11.2 Å². The van der Waals surface area contributed by atoms with Crippen LogP contribution in [-0.2, 0) is 0 Å². The zero-order chi connectivity index (χ0) is 12.3. The van der Waals surface area contributed by atoms with Gasteiger partial charge in [0.15, 0.2) is 0 Å². The summed E-state index contributed by atoms with van der Waals surface area (Å²) in [6.45, 7) is 0. The lowest BCUT2D eigenvalue weighted by Gasteiger charge is -2.07. The molecule has 0 aliphatic heterocycles. The van der Waals surface area contributed by atoms with E-state index in [0.717, 1.165) is 0 Å². The Bertz CT molecular complexity index is 595. The van der Waals surface area contributed by atoms with Crippen LogP contribution in [0.15, 0.2) is 41.0 Å². The van der Waals surface area contributed by atoms with Crippen molar-refractivity contribution in [2.45, 2.75) is 0 Å². The Balaban J connectivity index is 2.35. The molecule has 0 bridgehead atoms. The van der Waals surface area contributed by atoms with Gasteiger partial charge in [0.1, 0.15) is 17.4 Å². The quantitative estimate of drug-likeness (QED) is 0.836. The van der Waals surface area contributed by atoms with Crippen molar-refractivity contribution < 1.29 is 4.74 Å². The van der Waals surface area contributed by atoms with E-state index >= 15 is 0 Å². The molecule has 2 aromatic rings. The fraction of sp³-hybridized carbons (Fsp3) is 0. The van der Waals surface area contributed by atoms with Crippen LogP contribution in [0, 0.1) is 11.3 Å². The third-order valence-corrected chi connectivity index (χ3v) is 2.85. The SMILES string of the molecule is N#Cc1cccnc1Oc1ccc(Cl)cc1Br. The van der Waals surface area contributed by atoms with Crippen LogP contribution in [0.1, 0.15) is 5.56 Å². The van der Waals surface area contributed by atoms with Crippen molar-refractivity contribution >= 4 is 27.5 Å². The van der Waals surface area contributed by atoms with E-state index in [0.29, 0.717) is 20.8 Å². The van der Waals surface area contributed by atoms with Crippen molar-refractivity contribution in [2.75, 3.05) is 0 Å². The molecule has 1 aromatic heterocycles. The molecule has 0 aliphatic rings. The molecule has 3 nitrogen and oxygen atoms in total. The lowest BCUT2D eigenvalue weighted by Crippen LogP contribution is -1.91. The Hall–Kier alpha value is -1.57. The van der Waals surface area contributed by atoms with Crippen LogP contribution in [-0.4, -0.2) is 4.98 Å². The number of nitriles is 1. The van der Waals surface area contributed by atoms with Gasteiger partial charge >= 0.3 is 0 Å². The molecule has 0 fully saturated rings. The second kappa shape index (κ2) is 5.17. The zero-order valence-electron chi connectivity index (χ0n) is 8.52. The molecule has 0 amide bonds. The second-order valence-corrected chi connectivity index (χ2v) is 4.44. The van der Waals surface area contributed by atoms with Gasteiger partial charge in [0.25, 0.3) is 0 Å². The zero-order valence-corrected chi connectivity index (χ0v) is 10.9. The van der Waals surface area contributed by atoms with Gasteiger partial charge in [-0.05, 0) is 46.3 Å². The Morgan fingerprint density at radius 1 is 1.35 bits per heavy atom. The second-order valence-electron chi connectivity index (χ2n) is 3.14. The molecule has 0 N–H and O–H groups in total. The Labute approximate surface area is 112 Å². The van der Waals surface area contributed by atoms with E-state index in [-0.39, 0.29) is 5.88 Å². The van der Waals surface area contributed by atoms with E-state index in [2.05, 4.69) is 20.9 Å². The molecule has 0 spiro atoms. The molecule has 84 valence electrons. The third-order valence-electron chi connectivity index (χ3n) is 1.99. The van der Waals surface area contributed by atoms with Gasteiger partial charge in [-0.1, -0.05) is 11.6 Å². The number of aromatic nitrogens is 1. The maximum absolute atomic E-state index is 8.91. The Kier molecular flexibility index (Phi) is 3.62. The lowest BCUT2D eigenvalue weighted by atomic mass is 10.3. The Morgan fingerprint density at radius 2 is 2.18 bits per heavy atom. The molecule has 1 heterocycles. The van der Waals surface area contributed by atoms with E-state index in [1.807, 2.05) is 6.07 Å². The van der Waals surface area contributed by atoms with E-state index in [4.69, 9.17) is 21.6 Å². The van der Waals surface area contributed by atoms with E-state index in [1.165, 1.54) is 0 Å². The minimum absolute atomic E-state index is 0.276. The molecular weight excluding hydrogens is 304 g/mol. The van der Waals surface area contributed by atoms with Gasteiger partial charge in [-0.15, -0.1) is 0 Å². The summed E-state index contributed by atoms with van der Waals surface area (Å²) in [7, 11) is 0. The van der Waals surface area contributed by atoms with Gasteiger partial charge in [0.05, 0.1) is 4.47 Å². The van der Waals surface area contributed by atoms with Gasteiger partial charge in [0.2, 0.25) is 5.88 Å². The monoisotopic (exact) mass is 308 g/mol. The smallest absolute Gasteiger partial charge is 0.237 e. The van der Waals surface area contributed by atoms with Crippen LogP contribution in [0.2, 0.25) is 5.02 Å². The summed E-state index contributed by atoms with van der Waals surface area (Å²) < 4.78 is 6.25. The number of benzene rings is 1. The molecule has 0 aliphatic carbocycles. The van der Waals surface area contributed by atoms with Crippen molar-refractivity contribution in [1.29, 1.82) is 5.26 Å². The first-order chi connectivity index (χ1) is 8.20. The number of rotatable bonds is 2. The first-order valence-electron chi connectivity index (χ1n) is 4.69. The predicted molar refractivity (Wildman–Crippen MR) is 68.2 cm³/mol. The predicted octanol–water partition coefficient (Wildman–Crippen LogP) is 4.16. The number of pyridine rings is 1. The number of ether oxygens (including phenoxy) is 1. The molecule has 0 saturated heterocycles. The van der Waals surface area contributed by atoms with Crippen molar-refractivity contribution in [2.24, 2.45) is 0 Å². The Morgan fingerprint density at radius 3 is 2.88 bits per heavy atom. The topological polar surface area (TPSA) is 45.9 Å². The highest BCUT2D eigenvalue weighted by molar-refractivity contribution is 9.10. The lowest BCUT2D eigenvalue weighted by molar-refractivity contribution is 0.458. The summed E-state index contributed by atoms with van der Waals surface area (Å²) in [6.07, 6.45) is 1.57. The number of hydrogen-bond acceptors (Lipinski definition) is 3. The standard InChI is InChI=1S/C12H6BrClN2O/c13-10-6-9(14)3-4-11(10)17-12-8(7-15)2-1-5-16-12/h1-6H. The van der Waals surface area contributed by atoms with Crippen LogP contribution in [0.25, 0.3) is 0 Å². The molecule has 0 radical (unpaired) electrons. The van der Waals surface area contributed by atoms with Crippen LogP contribution in [0.3, 0.4) is 0 Å². The average Bonchev–Trinajstić information content (AvgIpc) is 2.33. The summed E-state index contributed by atoms with van der Waals surface area (Å²) in [5.74, 6) is 0.836. The summed E-state index contributed by atoms with van der Waals surface area (Å²) in [5.41, 5.74) is 0.384. The van der Waals surface area contributed by atoms with Gasteiger partial charge < -0.3 is 4.74 Å². The first-order valence-corrected chi connectivity index (χ1v) is 5.86. The number of nitrogens with zero attached hydrogens (tertiary/aromatic N) is 2. The summed E-state index contributed by atoms with van der Waals surface area (Å²) in [4.78, 5) is 4.01. The van der Waals surface area contributed by atoms with Crippen LogP contribution in [0.4, 0.5) is 0 Å². The first kappa shape index (κ1) is 11.9. The molecule has 0 saturated carbocycles. The van der Waals surface area contributed by atoms with E-state index < -0.39 is 0 Å². The minimum atomic E-state index is 0.276. The van der Waals surface area contributed by atoms with Gasteiger partial charge in [-0.25, -0.2) is 4.98 Å². The maximum atomic E-state index is 8.91. The van der Waals surface area contributed by atoms with E-state index in [9.17, 15) is 0 Å². The minimum Gasteiger partial charge on any atom is -0.436 e. The van der Waals surface area contributed by atoms with Crippen LogP contribution < -0.4 is 4.74 Å². The molecule has 17 heavy (non-hydrogen) atoms. The van der Waals surface area contributed by atoms with Crippen LogP contribution >= 0.6 is 27.5 Å². The molecular formula is C12H6BrClN2O. The molecule has 5 heteroatoms. The van der Waals surface area contributed by atoms with Crippen molar-refractivity contribution in [3.63, 3.8) is 0 Å². The molecule has 2 rings (SSSR count). The van der Waals surface area contributed by atoms with Gasteiger partial charge in [-0.3, -0.25) is 0 Å². The number of halogens is 2. The third kappa shape index (κ3) is 2.76. The normalized spacial score (nSPS) is 9.71. The summed E-state index contributed by atoms with van der Waals surface area (Å²) >= 11 is 9.16. The van der Waals surface area contributed by atoms with Crippen molar-refractivity contribution in [3.8, 4) is 17.7 Å². The summed E-state index contributed by atoms with van der Waals surface area (Å²) in [5, 5.41) is 9.51. The van der Waals surface area contributed by atoms with Gasteiger partial charge in [-0.2, -0.15) is 5.26 Å². The highest BCUT2D eigenvalue weighted by atomic mass is 79.9.